The molecule has 3 rings (SSSR count). The molecular weight excluding hydrogens is 300 g/mol. The van der Waals surface area contributed by atoms with Crippen LogP contribution in [0.5, 0.6) is 23.0 Å². The first-order chi connectivity index (χ1) is 11.2. The summed E-state index contributed by atoms with van der Waals surface area (Å²) in [7, 11) is 2.95. The number of benzene rings is 2. The van der Waals surface area contributed by atoms with Gasteiger partial charge in [0, 0.05) is 6.07 Å². The van der Waals surface area contributed by atoms with E-state index >= 15 is 0 Å². The third-order valence-corrected chi connectivity index (χ3v) is 3.42. The maximum atomic E-state index is 12.4. The molecule has 0 aromatic heterocycles. The van der Waals surface area contributed by atoms with E-state index in [-0.39, 0.29) is 24.7 Å². The SMILES string of the molecule is COc1cc(C(=O)OCc2ccccc2)c(OC)c2c1OCO2. The third-order valence-electron chi connectivity index (χ3n) is 3.42. The average Bonchev–Trinajstić information content (AvgIpc) is 3.08. The summed E-state index contributed by atoms with van der Waals surface area (Å²) in [5.41, 5.74) is 1.12. The minimum atomic E-state index is -0.526. The fraction of sp³-hybridized carbons (Fsp3) is 0.235. The van der Waals surface area contributed by atoms with Crippen molar-refractivity contribution in [1.82, 2.24) is 0 Å². The smallest absolute Gasteiger partial charge is 0.342 e. The molecule has 1 heterocycles. The van der Waals surface area contributed by atoms with Crippen molar-refractivity contribution in [1.29, 1.82) is 0 Å². The van der Waals surface area contributed by atoms with Crippen molar-refractivity contribution in [3.63, 3.8) is 0 Å². The van der Waals surface area contributed by atoms with Crippen molar-refractivity contribution in [3.05, 3.63) is 47.5 Å². The first-order valence-electron chi connectivity index (χ1n) is 7.00. The van der Waals surface area contributed by atoms with Gasteiger partial charge in [-0.1, -0.05) is 30.3 Å². The standard InChI is InChI=1S/C17H16O6/c1-19-13-8-12(14(20-2)16-15(13)22-10-23-16)17(18)21-9-11-6-4-3-5-7-11/h3-8H,9-10H2,1-2H3. The number of rotatable bonds is 5. The molecule has 0 fully saturated rings. The predicted molar refractivity (Wildman–Crippen MR) is 81.2 cm³/mol. The zero-order valence-corrected chi connectivity index (χ0v) is 12.8. The van der Waals surface area contributed by atoms with Gasteiger partial charge in [0.1, 0.15) is 12.2 Å². The van der Waals surface area contributed by atoms with Gasteiger partial charge in [0.05, 0.1) is 14.2 Å². The van der Waals surface area contributed by atoms with Crippen LogP contribution in [0, 0.1) is 0 Å². The molecule has 0 saturated heterocycles. The highest BCUT2D eigenvalue weighted by Crippen LogP contribution is 2.49. The zero-order valence-electron chi connectivity index (χ0n) is 12.8. The van der Waals surface area contributed by atoms with Gasteiger partial charge in [-0.25, -0.2) is 4.79 Å². The minimum absolute atomic E-state index is 0.0462. The summed E-state index contributed by atoms with van der Waals surface area (Å²) in [6, 6.07) is 11.0. The highest BCUT2D eigenvalue weighted by molar-refractivity contribution is 5.95. The molecule has 2 aromatic carbocycles. The number of fused-ring (bicyclic) bond motifs is 1. The van der Waals surface area contributed by atoms with Gasteiger partial charge in [0.15, 0.2) is 11.5 Å². The zero-order chi connectivity index (χ0) is 16.2. The van der Waals surface area contributed by atoms with Crippen LogP contribution in [-0.2, 0) is 11.3 Å². The van der Waals surface area contributed by atoms with Crippen LogP contribution < -0.4 is 18.9 Å². The molecule has 0 N–H and O–H groups in total. The van der Waals surface area contributed by atoms with Gasteiger partial charge in [-0.15, -0.1) is 0 Å². The molecule has 0 unspecified atom stereocenters. The predicted octanol–water partition coefficient (Wildman–Crippen LogP) is 2.79. The second-order valence-electron chi connectivity index (χ2n) is 4.79. The fourth-order valence-corrected chi connectivity index (χ4v) is 2.32. The molecule has 0 amide bonds. The molecule has 1 aliphatic rings. The monoisotopic (exact) mass is 316 g/mol. The van der Waals surface area contributed by atoms with E-state index in [1.807, 2.05) is 30.3 Å². The van der Waals surface area contributed by atoms with Crippen molar-refractivity contribution in [2.75, 3.05) is 21.0 Å². The van der Waals surface area contributed by atoms with Crippen LogP contribution in [0.2, 0.25) is 0 Å². The summed E-state index contributed by atoms with van der Waals surface area (Å²) in [4.78, 5) is 12.4. The van der Waals surface area contributed by atoms with E-state index in [0.717, 1.165) is 5.56 Å². The van der Waals surface area contributed by atoms with Gasteiger partial charge >= 0.3 is 5.97 Å². The molecule has 1 aliphatic heterocycles. The van der Waals surface area contributed by atoms with Crippen molar-refractivity contribution >= 4 is 5.97 Å². The van der Waals surface area contributed by atoms with Gasteiger partial charge < -0.3 is 23.7 Å². The van der Waals surface area contributed by atoms with Gasteiger partial charge in [0.25, 0.3) is 0 Å². The van der Waals surface area contributed by atoms with E-state index in [4.69, 9.17) is 23.7 Å². The van der Waals surface area contributed by atoms with Crippen molar-refractivity contribution in [3.8, 4) is 23.0 Å². The summed E-state index contributed by atoms with van der Waals surface area (Å²) >= 11 is 0. The third kappa shape index (κ3) is 2.88. The Morgan fingerprint density at radius 2 is 1.83 bits per heavy atom. The summed E-state index contributed by atoms with van der Waals surface area (Å²) in [6.45, 7) is 0.212. The van der Waals surface area contributed by atoms with Crippen molar-refractivity contribution in [2.45, 2.75) is 6.61 Å². The number of esters is 1. The van der Waals surface area contributed by atoms with E-state index < -0.39 is 5.97 Å². The molecule has 0 saturated carbocycles. The Hall–Kier alpha value is -2.89. The van der Waals surface area contributed by atoms with E-state index in [1.54, 1.807) is 0 Å². The Morgan fingerprint density at radius 3 is 2.52 bits per heavy atom. The maximum Gasteiger partial charge on any atom is 0.342 e. The lowest BCUT2D eigenvalue weighted by Gasteiger charge is -2.13. The normalized spacial score (nSPS) is 11.9. The average molecular weight is 316 g/mol. The molecule has 23 heavy (non-hydrogen) atoms. The molecule has 6 heteroatoms. The summed E-state index contributed by atoms with van der Waals surface area (Å²) in [5, 5.41) is 0. The Morgan fingerprint density at radius 1 is 1.09 bits per heavy atom. The quantitative estimate of drug-likeness (QED) is 0.790. The molecule has 2 aromatic rings. The van der Waals surface area contributed by atoms with E-state index in [1.165, 1.54) is 20.3 Å². The lowest BCUT2D eigenvalue weighted by Crippen LogP contribution is -2.08. The highest BCUT2D eigenvalue weighted by atomic mass is 16.7. The number of hydrogen-bond acceptors (Lipinski definition) is 6. The molecule has 6 nitrogen and oxygen atoms in total. The first kappa shape index (κ1) is 15.0. The van der Waals surface area contributed by atoms with Crippen molar-refractivity contribution in [2.24, 2.45) is 0 Å². The number of carbonyl (C=O) groups is 1. The number of hydrogen-bond donors (Lipinski definition) is 0. The van der Waals surface area contributed by atoms with Crippen LogP contribution in [-0.4, -0.2) is 27.0 Å². The number of methoxy groups -OCH3 is 2. The maximum absolute atomic E-state index is 12.4. The molecule has 120 valence electrons. The molecule has 0 spiro atoms. The van der Waals surface area contributed by atoms with E-state index in [9.17, 15) is 4.79 Å². The largest absolute Gasteiger partial charge is 0.493 e. The van der Waals surface area contributed by atoms with Gasteiger partial charge in [-0.05, 0) is 5.56 Å². The lowest BCUT2D eigenvalue weighted by atomic mass is 10.1. The van der Waals surface area contributed by atoms with Crippen LogP contribution in [0.4, 0.5) is 0 Å². The number of carbonyl (C=O) groups excluding carboxylic acids is 1. The number of ether oxygens (including phenoxy) is 5. The second kappa shape index (κ2) is 6.48. The van der Waals surface area contributed by atoms with E-state index in [2.05, 4.69) is 0 Å². The highest BCUT2D eigenvalue weighted by Gasteiger charge is 2.30. The van der Waals surface area contributed by atoms with Crippen LogP contribution in [0.3, 0.4) is 0 Å². The Bertz CT molecular complexity index is 711. The lowest BCUT2D eigenvalue weighted by molar-refractivity contribution is 0.0468. The van der Waals surface area contributed by atoms with Gasteiger partial charge in [-0.2, -0.15) is 0 Å². The Balaban J connectivity index is 1.88. The fourth-order valence-electron chi connectivity index (χ4n) is 2.32. The van der Waals surface area contributed by atoms with Crippen LogP contribution in [0.25, 0.3) is 0 Å². The molecule has 0 aliphatic carbocycles. The van der Waals surface area contributed by atoms with Crippen LogP contribution >= 0.6 is 0 Å². The van der Waals surface area contributed by atoms with Crippen LogP contribution in [0.1, 0.15) is 15.9 Å². The second-order valence-corrected chi connectivity index (χ2v) is 4.79. The van der Waals surface area contributed by atoms with Gasteiger partial charge in [-0.3, -0.25) is 0 Å². The minimum Gasteiger partial charge on any atom is -0.493 e. The summed E-state index contributed by atoms with van der Waals surface area (Å²) in [5.74, 6) is 0.908. The van der Waals surface area contributed by atoms with Crippen LogP contribution in [0.15, 0.2) is 36.4 Å². The molecule has 0 atom stereocenters. The van der Waals surface area contributed by atoms with Gasteiger partial charge in [0.2, 0.25) is 18.3 Å². The van der Waals surface area contributed by atoms with Crippen molar-refractivity contribution < 1.29 is 28.5 Å². The summed E-state index contributed by atoms with van der Waals surface area (Å²) in [6.07, 6.45) is 0. The Kier molecular flexibility index (Phi) is 4.23. The molecule has 0 radical (unpaired) electrons. The molecular formula is C17H16O6. The topological polar surface area (TPSA) is 63.2 Å². The summed E-state index contributed by atoms with van der Waals surface area (Å²) < 4.78 is 26.6. The first-order valence-corrected chi connectivity index (χ1v) is 7.00. The molecule has 0 bridgehead atoms. The Labute approximate surface area is 133 Å². The van der Waals surface area contributed by atoms with E-state index in [0.29, 0.717) is 17.2 Å².